The quantitative estimate of drug-likeness (QED) is 0.281. The lowest BCUT2D eigenvalue weighted by molar-refractivity contribution is -0.152. The van der Waals surface area contributed by atoms with Crippen LogP contribution in [0.5, 0.6) is 5.75 Å². The number of hydrogen-bond acceptors (Lipinski definition) is 8. The first-order valence-electron chi connectivity index (χ1n) is 12.5. The van der Waals surface area contributed by atoms with Crippen LogP contribution in [0.3, 0.4) is 0 Å². The number of carbonyl (C=O) groups excluding carboxylic acids is 1. The highest BCUT2D eigenvalue weighted by Crippen LogP contribution is 2.27. The monoisotopic (exact) mass is 585 g/mol. The van der Waals surface area contributed by atoms with Gasteiger partial charge in [0.2, 0.25) is 0 Å². The Morgan fingerprint density at radius 2 is 1.78 bits per heavy atom. The summed E-state index contributed by atoms with van der Waals surface area (Å²) in [6.07, 6.45) is 2.39. The van der Waals surface area contributed by atoms with Gasteiger partial charge in [0, 0.05) is 30.1 Å². The van der Waals surface area contributed by atoms with Gasteiger partial charge < -0.3 is 9.47 Å². The Kier molecular flexibility index (Phi) is 8.34. The lowest BCUT2D eigenvalue weighted by Gasteiger charge is -2.24. The van der Waals surface area contributed by atoms with Gasteiger partial charge in [0.1, 0.15) is 34.6 Å². The van der Waals surface area contributed by atoms with E-state index in [-0.39, 0.29) is 35.4 Å². The molecule has 0 N–H and O–H groups in total. The number of aryl methyl sites for hydroxylation is 2. The molecule has 10 nitrogen and oxygen atoms in total. The lowest BCUT2D eigenvalue weighted by Crippen LogP contribution is -2.45. The fraction of sp³-hybridized carbons (Fsp3) is 0.286. The first-order valence-corrected chi connectivity index (χ1v) is 12.8. The van der Waals surface area contributed by atoms with Crippen molar-refractivity contribution >= 4 is 17.6 Å². The van der Waals surface area contributed by atoms with Crippen molar-refractivity contribution in [3.8, 4) is 22.8 Å². The molecule has 0 radical (unpaired) electrons. The van der Waals surface area contributed by atoms with Crippen molar-refractivity contribution in [2.75, 3.05) is 6.61 Å². The maximum Gasteiger partial charge on any atom is 0.333 e. The first-order chi connectivity index (χ1) is 19.3. The van der Waals surface area contributed by atoms with E-state index in [0.717, 1.165) is 10.9 Å². The maximum absolute atomic E-state index is 14.0. The molecule has 0 unspecified atom stereocenters. The molecule has 0 aliphatic rings. The van der Waals surface area contributed by atoms with E-state index >= 15 is 0 Å². The summed E-state index contributed by atoms with van der Waals surface area (Å²) >= 11 is 6.36. The molecular formula is C28H26ClF2N5O5. The van der Waals surface area contributed by atoms with Gasteiger partial charge in [-0.15, -0.1) is 0 Å². The number of halogens is 3. The van der Waals surface area contributed by atoms with Crippen molar-refractivity contribution in [1.82, 2.24) is 24.3 Å². The lowest BCUT2D eigenvalue weighted by atomic mass is 10.1. The molecule has 0 spiro atoms. The summed E-state index contributed by atoms with van der Waals surface area (Å²) in [6, 6.07) is 6.52. The number of nitrogens with zero attached hydrogens (tertiary/aromatic N) is 5. The zero-order valence-corrected chi connectivity index (χ0v) is 23.6. The van der Waals surface area contributed by atoms with E-state index in [1.54, 1.807) is 26.8 Å². The van der Waals surface area contributed by atoms with Gasteiger partial charge in [0.15, 0.2) is 11.4 Å². The van der Waals surface area contributed by atoms with Crippen molar-refractivity contribution in [1.29, 1.82) is 0 Å². The highest BCUT2D eigenvalue weighted by Gasteiger charge is 2.34. The molecule has 0 saturated carbocycles. The number of carbonyl (C=O) groups is 1. The molecule has 4 heterocycles. The molecule has 0 fully saturated rings. The summed E-state index contributed by atoms with van der Waals surface area (Å²) < 4.78 is 40.2. The third-order valence-corrected chi connectivity index (χ3v) is 6.58. The Morgan fingerprint density at radius 3 is 2.46 bits per heavy atom. The fourth-order valence-electron chi connectivity index (χ4n) is 4.02. The second-order valence-corrected chi connectivity index (χ2v) is 9.96. The molecule has 41 heavy (non-hydrogen) atoms. The molecule has 4 rings (SSSR count). The minimum absolute atomic E-state index is 0.00202. The minimum atomic E-state index is -1.39. The molecule has 0 saturated heterocycles. The highest BCUT2D eigenvalue weighted by molar-refractivity contribution is 6.31. The largest absolute Gasteiger partial charge is 0.485 e. The van der Waals surface area contributed by atoms with Crippen molar-refractivity contribution in [3.63, 3.8) is 0 Å². The Labute approximate surface area is 238 Å². The van der Waals surface area contributed by atoms with Crippen LogP contribution in [-0.2, 0) is 21.7 Å². The average Bonchev–Trinajstić information content (AvgIpc) is 2.92. The third-order valence-electron chi connectivity index (χ3n) is 6.23. The Hall–Kier alpha value is -4.45. The van der Waals surface area contributed by atoms with Gasteiger partial charge >= 0.3 is 5.97 Å². The minimum Gasteiger partial charge on any atom is -0.485 e. The summed E-state index contributed by atoms with van der Waals surface area (Å²) in [4.78, 5) is 46.6. The SMILES string of the molecule is CCOC(=O)C(C)(C)n1nc(-c2cc(-n3c(C)cc(OCc4ncc(F)cc4F)c(Cl)c3=O)c(C)cn2)ccc1=O. The van der Waals surface area contributed by atoms with E-state index in [2.05, 4.69) is 15.1 Å². The molecule has 4 aromatic rings. The molecular weight excluding hydrogens is 560 g/mol. The van der Waals surface area contributed by atoms with Crippen LogP contribution < -0.4 is 15.9 Å². The molecule has 0 aliphatic carbocycles. The van der Waals surface area contributed by atoms with E-state index in [9.17, 15) is 23.2 Å². The predicted molar refractivity (Wildman–Crippen MR) is 146 cm³/mol. The highest BCUT2D eigenvalue weighted by atomic mass is 35.5. The number of ether oxygens (including phenoxy) is 2. The summed E-state index contributed by atoms with van der Waals surface area (Å²) in [6.45, 7) is 7.86. The fourth-order valence-corrected chi connectivity index (χ4v) is 4.21. The zero-order chi connectivity index (χ0) is 30.1. The molecule has 214 valence electrons. The van der Waals surface area contributed by atoms with Crippen molar-refractivity contribution < 1.29 is 23.0 Å². The molecule has 0 amide bonds. The van der Waals surface area contributed by atoms with E-state index in [0.29, 0.717) is 28.7 Å². The molecule has 13 heteroatoms. The van der Waals surface area contributed by atoms with Crippen LogP contribution in [0.1, 0.15) is 37.7 Å². The standard InChI is InChI=1S/C28H26ClF2N5O5/c1-6-40-27(39)28(4,5)36-24(37)8-7-19(34-36)20-11-22(15(2)12-32-20)35-16(3)9-23(25(29)26(35)38)41-14-21-18(31)10-17(30)13-33-21/h7-13H,6,14H2,1-5H3. The van der Waals surface area contributed by atoms with E-state index in [1.807, 2.05) is 0 Å². The Balaban J connectivity index is 1.73. The molecule has 0 atom stereocenters. The number of esters is 1. The summed E-state index contributed by atoms with van der Waals surface area (Å²) in [5.41, 5.74) is -0.585. The van der Waals surface area contributed by atoms with Crippen LogP contribution in [-0.4, -0.2) is 36.9 Å². The van der Waals surface area contributed by atoms with Crippen molar-refractivity contribution in [2.45, 2.75) is 46.8 Å². The second-order valence-electron chi connectivity index (χ2n) is 9.58. The van der Waals surface area contributed by atoms with E-state index in [1.165, 1.54) is 42.8 Å². The number of hydrogen-bond donors (Lipinski definition) is 0. The van der Waals surface area contributed by atoms with Gasteiger partial charge in [-0.1, -0.05) is 11.6 Å². The van der Waals surface area contributed by atoms with Gasteiger partial charge in [-0.25, -0.2) is 18.3 Å². The Morgan fingerprint density at radius 1 is 1.05 bits per heavy atom. The smallest absolute Gasteiger partial charge is 0.333 e. The van der Waals surface area contributed by atoms with Crippen LogP contribution in [0.4, 0.5) is 8.78 Å². The van der Waals surface area contributed by atoms with Gasteiger partial charge in [-0.2, -0.15) is 5.10 Å². The summed E-state index contributed by atoms with van der Waals surface area (Å²) in [5, 5.41) is 4.11. The second kappa shape index (κ2) is 11.6. The summed E-state index contributed by atoms with van der Waals surface area (Å²) in [7, 11) is 0. The summed E-state index contributed by atoms with van der Waals surface area (Å²) in [5.74, 6) is -2.34. The molecule has 0 aliphatic heterocycles. The normalized spacial score (nSPS) is 11.4. The van der Waals surface area contributed by atoms with Crippen LogP contribution in [0, 0.1) is 25.5 Å². The first kappa shape index (κ1) is 29.5. The van der Waals surface area contributed by atoms with E-state index in [4.69, 9.17) is 21.1 Å². The van der Waals surface area contributed by atoms with Gasteiger partial charge in [-0.05, 0) is 52.3 Å². The Bertz CT molecular complexity index is 1770. The molecule has 0 aromatic carbocycles. The van der Waals surface area contributed by atoms with Gasteiger partial charge in [0.25, 0.3) is 11.1 Å². The average molecular weight is 586 g/mol. The van der Waals surface area contributed by atoms with Crippen molar-refractivity contribution in [3.05, 3.63) is 97.0 Å². The third kappa shape index (κ3) is 5.87. The van der Waals surface area contributed by atoms with E-state index < -0.39 is 34.3 Å². The predicted octanol–water partition coefficient (Wildman–Crippen LogP) is 4.28. The van der Waals surface area contributed by atoms with Crippen LogP contribution in [0.25, 0.3) is 17.1 Å². The van der Waals surface area contributed by atoms with Crippen LogP contribution >= 0.6 is 11.6 Å². The topological polar surface area (TPSA) is 118 Å². The number of pyridine rings is 3. The van der Waals surface area contributed by atoms with Crippen LogP contribution in [0.2, 0.25) is 5.02 Å². The molecule has 4 aromatic heterocycles. The maximum atomic E-state index is 14.0. The van der Waals surface area contributed by atoms with Crippen molar-refractivity contribution in [2.24, 2.45) is 0 Å². The van der Waals surface area contributed by atoms with Gasteiger partial charge in [-0.3, -0.25) is 24.1 Å². The number of rotatable bonds is 8. The van der Waals surface area contributed by atoms with Gasteiger partial charge in [0.05, 0.1) is 24.2 Å². The number of aromatic nitrogens is 5. The molecule has 0 bridgehead atoms. The van der Waals surface area contributed by atoms with Crippen LogP contribution in [0.15, 0.2) is 52.3 Å². The zero-order valence-electron chi connectivity index (χ0n) is 22.9.